The largest absolute Gasteiger partial charge is 0.254 e. The predicted octanol–water partition coefficient (Wildman–Crippen LogP) is 1.46. The average molecular weight is 110 g/mol. The van der Waals surface area contributed by atoms with Crippen molar-refractivity contribution in [2.45, 2.75) is 31.7 Å². The van der Waals surface area contributed by atoms with Crippen LogP contribution in [0.5, 0.6) is 0 Å². The van der Waals surface area contributed by atoms with Crippen LogP contribution in [0.1, 0.15) is 25.7 Å². The van der Waals surface area contributed by atoms with Crippen LogP contribution in [0.15, 0.2) is 0 Å². The van der Waals surface area contributed by atoms with E-state index in [1.165, 1.54) is 25.7 Å². The molecule has 1 heteroatoms. The molecule has 2 fully saturated rings. The van der Waals surface area contributed by atoms with Crippen molar-refractivity contribution in [1.29, 1.82) is 0 Å². The Morgan fingerprint density at radius 1 is 1.12 bits per heavy atom. The monoisotopic (exact) mass is 110 g/mol. The molecular weight excluding hydrogens is 98.1 g/mol. The molecule has 2 aliphatic rings. The van der Waals surface area contributed by atoms with E-state index in [0.717, 1.165) is 11.8 Å². The summed E-state index contributed by atoms with van der Waals surface area (Å²) in [4.78, 5) is 0. The first kappa shape index (κ1) is 4.80. The van der Waals surface area contributed by atoms with E-state index in [0.29, 0.717) is 6.04 Å². The predicted molar refractivity (Wildman–Crippen MR) is 32.3 cm³/mol. The summed E-state index contributed by atoms with van der Waals surface area (Å²) in [5, 5.41) is 0. The van der Waals surface area contributed by atoms with Crippen LogP contribution in [-0.4, -0.2) is 6.04 Å². The van der Waals surface area contributed by atoms with Crippen molar-refractivity contribution in [3.63, 3.8) is 0 Å². The highest BCUT2D eigenvalue weighted by atomic mass is 14.7. The number of hydrogen-bond acceptors (Lipinski definition) is 0. The molecule has 1 nitrogen and oxygen atoms in total. The van der Waals surface area contributed by atoms with Crippen molar-refractivity contribution < 1.29 is 0 Å². The van der Waals surface area contributed by atoms with E-state index >= 15 is 0 Å². The Bertz CT molecular complexity index is 98.6. The first-order valence-corrected chi connectivity index (χ1v) is 3.57. The Labute approximate surface area is 50.3 Å². The quantitative estimate of drug-likeness (QED) is 0.451. The minimum Gasteiger partial charge on any atom is -0.254 e. The molecule has 2 saturated carbocycles. The first-order chi connectivity index (χ1) is 3.86. The Morgan fingerprint density at radius 3 is 2.25 bits per heavy atom. The van der Waals surface area contributed by atoms with Crippen molar-refractivity contribution in [2.24, 2.45) is 11.8 Å². The lowest BCUT2D eigenvalue weighted by atomic mass is 9.96. The highest BCUT2D eigenvalue weighted by Gasteiger charge is 2.37. The second-order valence-corrected chi connectivity index (χ2v) is 3.28. The number of hydrogen-bond donors (Lipinski definition) is 0. The van der Waals surface area contributed by atoms with Gasteiger partial charge in [0.1, 0.15) is 0 Å². The maximum atomic E-state index is 7.52. The molecule has 0 amide bonds. The van der Waals surface area contributed by atoms with Gasteiger partial charge in [0.25, 0.3) is 0 Å². The fourth-order valence-corrected chi connectivity index (χ4v) is 2.24. The molecule has 45 valence electrons. The maximum Gasteiger partial charge on any atom is 0.0244 e. The Balaban J connectivity index is 2.11. The van der Waals surface area contributed by atoms with E-state index in [1.807, 2.05) is 0 Å². The summed E-state index contributed by atoms with van der Waals surface area (Å²) in [5.74, 6) is 1.77. The molecule has 1 N–H and O–H groups in total. The van der Waals surface area contributed by atoms with Crippen LogP contribution >= 0.6 is 0 Å². The summed E-state index contributed by atoms with van der Waals surface area (Å²) in [6.45, 7) is 0. The van der Waals surface area contributed by atoms with Gasteiger partial charge in [0.2, 0.25) is 0 Å². The summed E-state index contributed by atoms with van der Waals surface area (Å²) < 4.78 is 0. The molecule has 2 rings (SSSR count). The van der Waals surface area contributed by atoms with Crippen LogP contribution in [0, 0.1) is 11.8 Å². The Kier molecular flexibility index (Phi) is 0.884. The van der Waals surface area contributed by atoms with Gasteiger partial charge in [-0.3, -0.25) is 5.73 Å². The molecule has 0 spiro atoms. The van der Waals surface area contributed by atoms with Gasteiger partial charge in [-0.25, -0.2) is 0 Å². The summed E-state index contributed by atoms with van der Waals surface area (Å²) in [7, 11) is 0. The van der Waals surface area contributed by atoms with Crippen molar-refractivity contribution in [3.8, 4) is 0 Å². The van der Waals surface area contributed by atoms with Gasteiger partial charge in [-0.05, 0) is 31.1 Å². The lowest BCUT2D eigenvalue weighted by Gasteiger charge is -2.14. The van der Waals surface area contributed by atoms with Gasteiger partial charge in [-0.15, -0.1) is 0 Å². The highest BCUT2D eigenvalue weighted by molar-refractivity contribution is 4.91. The molecule has 3 atom stereocenters. The number of fused-ring (bicyclic) bond motifs is 2. The second kappa shape index (κ2) is 1.47. The SMILES string of the molecule is [NH]C1CC2CCC1C2. The average Bonchev–Trinajstić information content (AvgIpc) is 2.23. The number of nitrogens with one attached hydrogen (secondary N) is 1. The van der Waals surface area contributed by atoms with E-state index in [2.05, 4.69) is 0 Å². The van der Waals surface area contributed by atoms with Crippen LogP contribution in [0.3, 0.4) is 0 Å². The standard InChI is InChI=1S/C7H12N/c8-7-4-5-1-2-6(7)3-5/h5-8H,1-4H2. The van der Waals surface area contributed by atoms with Crippen LogP contribution in [0.4, 0.5) is 0 Å². The molecule has 0 saturated heterocycles. The van der Waals surface area contributed by atoms with Crippen LogP contribution < -0.4 is 5.73 Å². The normalized spacial score (nSPS) is 52.9. The first-order valence-electron chi connectivity index (χ1n) is 3.57. The molecule has 0 aromatic heterocycles. The lowest BCUT2D eigenvalue weighted by molar-refractivity contribution is 0.409. The van der Waals surface area contributed by atoms with Crippen LogP contribution in [0.25, 0.3) is 0 Å². The maximum absolute atomic E-state index is 7.52. The zero-order chi connectivity index (χ0) is 5.56. The molecule has 2 bridgehead atoms. The van der Waals surface area contributed by atoms with E-state index in [9.17, 15) is 0 Å². The summed E-state index contributed by atoms with van der Waals surface area (Å²) >= 11 is 0. The van der Waals surface area contributed by atoms with Crippen LogP contribution in [0.2, 0.25) is 0 Å². The van der Waals surface area contributed by atoms with Crippen molar-refractivity contribution in [2.75, 3.05) is 0 Å². The van der Waals surface area contributed by atoms with E-state index in [4.69, 9.17) is 5.73 Å². The van der Waals surface area contributed by atoms with Gasteiger partial charge in [0.15, 0.2) is 0 Å². The molecule has 0 aliphatic heterocycles. The molecule has 0 aromatic rings. The molecule has 2 aliphatic carbocycles. The van der Waals surface area contributed by atoms with Gasteiger partial charge in [0, 0.05) is 6.04 Å². The van der Waals surface area contributed by atoms with Gasteiger partial charge in [0.05, 0.1) is 0 Å². The third-order valence-electron chi connectivity index (χ3n) is 2.74. The summed E-state index contributed by atoms with van der Waals surface area (Å²) in [6, 6.07) is 0.328. The van der Waals surface area contributed by atoms with Gasteiger partial charge < -0.3 is 0 Å². The zero-order valence-corrected chi connectivity index (χ0v) is 5.06. The van der Waals surface area contributed by atoms with E-state index in [-0.39, 0.29) is 0 Å². The smallest absolute Gasteiger partial charge is 0.0244 e. The number of rotatable bonds is 0. The minimum absolute atomic E-state index is 0.328. The third kappa shape index (κ3) is 0.510. The molecule has 0 aromatic carbocycles. The third-order valence-corrected chi connectivity index (χ3v) is 2.74. The molecule has 8 heavy (non-hydrogen) atoms. The minimum atomic E-state index is 0.328. The highest BCUT2D eigenvalue weighted by Crippen LogP contribution is 2.43. The molecule has 1 radical (unpaired) electrons. The molecule has 0 heterocycles. The lowest BCUT2D eigenvalue weighted by Crippen LogP contribution is -2.16. The van der Waals surface area contributed by atoms with E-state index in [1.54, 1.807) is 0 Å². The zero-order valence-electron chi connectivity index (χ0n) is 5.06. The summed E-state index contributed by atoms with van der Waals surface area (Å²) in [5.41, 5.74) is 7.52. The second-order valence-electron chi connectivity index (χ2n) is 3.28. The fourth-order valence-electron chi connectivity index (χ4n) is 2.24. The Morgan fingerprint density at radius 2 is 2.00 bits per heavy atom. The van der Waals surface area contributed by atoms with Crippen molar-refractivity contribution >= 4 is 0 Å². The van der Waals surface area contributed by atoms with Gasteiger partial charge >= 0.3 is 0 Å². The fraction of sp³-hybridized carbons (Fsp3) is 1.00. The molecule has 3 unspecified atom stereocenters. The van der Waals surface area contributed by atoms with Gasteiger partial charge in [-0.2, -0.15) is 0 Å². The van der Waals surface area contributed by atoms with E-state index < -0.39 is 0 Å². The van der Waals surface area contributed by atoms with Crippen molar-refractivity contribution in [1.82, 2.24) is 5.73 Å². The Hall–Kier alpha value is -0.0400. The summed E-state index contributed by atoms with van der Waals surface area (Å²) in [6.07, 6.45) is 5.39. The topological polar surface area (TPSA) is 23.8 Å². The van der Waals surface area contributed by atoms with Gasteiger partial charge in [-0.1, -0.05) is 6.42 Å². The van der Waals surface area contributed by atoms with Crippen molar-refractivity contribution in [3.05, 3.63) is 0 Å². The molecular formula is C7H12N. The van der Waals surface area contributed by atoms with Crippen LogP contribution in [-0.2, 0) is 0 Å².